The van der Waals surface area contributed by atoms with Gasteiger partial charge in [0.2, 0.25) is 4.96 Å². The molecule has 6 rings (SSSR count). The zero-order valence-electron chi connectivity index (χ0n) is 26.9. The number of aromatic nitrogens is 5. The minimum Gasteiger partial charge on any atom is -0.493 e. The van der Waals surface area contributed by atoms with Crippen molar-refractivity contribution in [1.82, 2.24) is 24.4 Å². The molecule has 0 saturated heterocycles. The molecule has 0 aliphatic carbocycles. The highest BCUT2D eigenvalue weighted by atomic mass is 32.1. The topological polar surface area (TPSA) is 92.8 Å². The molecule has 47 heavy (non-hydrogen) atoms. The average molecular weight is 648 g/mol. The van der Waals surface area contributed by atoms with E-state index in [0.29, 0.717) is 45.9 Å². The lowest BCUT2D eigenvalue weighted by atomic mass is 10.1. The van der Waals surface area contributed by atoms with Gasteiger partial charge < -0.3 is 14.2 Å². The monoisotopic (exact) mass is 647 g/mol. The van der Waals surface area contributed by atoms with Crippen LogP contribution < -0.4 is 24.3 Å². The third kappa shape index (κ3) is 7.44. The Bertz CT molecular complexity index is 2100. The highest BCUT2D eigenvalue weighted by Crippen LogP contribution is 2.29. The number of para-hydroxylation sites is 1. The Balaban J connectivity index is 1.29. The molecule has 0 amide bonds. The van der Waals surface area contributed by atoms with E-state index in [-0.39, 0.29) is 5.56 Å². The van der Waals surface area contributed by atoms with Crippen LogP contribution in [0, 0.1) is 5.92 Å². The van der Waals surface area contributed by atoms with Gasteiger partial charge in [-0.25, -0.2) is 4.68 Å². The minimum absolute atomic E-state index is 0.233. The predicted molar refractivity (Wildman–Crippen MR) is 188 cm³/mol. The third-order valence-electron chi connectivity index (χ3n) is 7.33. The fourth-order valence-electron chi connectivity index (χ4n) is 4.87. The van der Waals surface area contributed by atoms with E-state index in [0.717, 1.165) is 46.7 Å². The van der Waals surface area contributed by atoms with Crippen LogP contribution in [0.15, 0.2) is 83.8 Å². The largest absolute Gasteiger partial charge is 0.493 e. The van der Waals surface area contributed by atoms with E-state index in [1.165, 1.54) is 15.9 Å². The summed E-state index contributed by atoms with van der Waals surface area (Å²) in [6.45, 7) is 7.66. The lowest BCUT2D eigenvalue weighted by molar-refractivity contribution is 0.271. The predicted octanol–water partition coefficient (Wildman–Crippen LogP) is 6.94. The van der Waals surface area contributed by atoms with Crippen LogP contribution in [0.3, 0.4) is 0 Å². The number of hydrogen-bond acceptors (Lipinski definition) is 8. The molecule has 0 atom stereocenters. The Kier molecular flexibility index (Phi) is 9.78. The van der Waals surface area contributed by atoms with E-state index < -0.39 is 0 Å². The van der Waals surface area contributed by atoms with Gasteiger partial charge in [0, 0.05) is 17.3 Å². The van der Waals surface area contributed by atoms with Crippen molar-refractivity contribution in [2.45, 2.75) is 33.6 Å². The van der Waals surface area contributed by atoms with Crippen LogP contribution in [0.25, 0.3) is 40.1 Å². The summed E-state index contributed by atoms with van der Waals surface area (Å²) in [5.74, 6) is 3.06. The SMILES string of the molecule is CCCCOc1ccc(/C=C/c2nc3s/c(=C\c4cn(-c5ccccc5)nc4-c4ccc(OCC(C)C)cc4)c(=O)n3n2)cc1OC. The van der Waals surface area contributed by atoms with Crippen molar-refractivity contribution < 1.29 is 14.2 Å². The molecule has 6 aromatic rings. The highest BCUT2D eigenvalue weighted by molar-refractivity contribution is 7.15. The van der Waals surface area contributed by atoms with Crippen LogP contribution in [0.1, 0.15) is 50.6 Å². The van der Waals surface area contributed by atoms with Crippen molar-refractivity contribution in [3.05, 3.63) is 111 Å². The van der Waals surface area contributed by atoms with Gasteiger partial charge in [0.05, 0.1) is 30.5 Å². The van der Waals surface area contributed by atoms with Crippen molar-refractivity contribution in [2.75, 3.05) is 20.3 Å². The molecule has 0 unspecified atom stereocenters. The molecule has 0 fully saturated rings. The summed E-state index contributed by atoms with van der Waals surface area (Å²) in [7, 11) is 1.63. The molecule has 9 nitrogen and oxygen atoms in total. The Labute approximate surface area is 277 Å². The summed E-state index contributed by atoms with van der Waals surface area (Å²) in [6, 6.07) is 23.5. The molecule has 3 aromatic heterocycles. The molecular weight excluding hydrogens is 611 g/mol. The van der Waals surface area contributed by atoms with Crippen LogP contribution in [-0.2, 0) is 0 Å². The molecule has 3 aromatic carbocycles. The van der Waals surface area contributed by atoms with Crippen molar-refractivity contribution in [3.63, 3.8) is 0 Å². The molecule has 0 aliphatic rings. The van der Waals surface area contributed by atoms with Gasteiger partial charge in [-0.1, -0.05) is 68.9 Å². The molecule has 0 spiro atoms. The number of nitrogens with zero attached hydrogens (tertiary/aromatic N) is 5. The van der Waals surface area contributed by atoms with Gasteiger partial charge in [-0.15, -0.1) is 5.10 Å². The summed E-state index contributed by atoms with van der Waals surface area (Å²) in [5.41, 5.74) is 4.07. The second-order valence-corrected chi connectivity index (χ2v) is 12.5. The van der Waals surface area contributed by atoms with E-state index in [2.05, 4.69) is 30.9 Å². The van der Waals surface area contributed by atoms with Crippen molar-refractivity contribution in [3.8, 4) is 34.2 Å². The van der Waals surface area contributed by atoms with Gasteiger partial charge in [0.1, 0.15) is 11.4 Å². The number of thiazole rings is 1. The molecule has 0 bridgehead atoms. The highest BCUT2D eigenvalue weighted by Gasteiger charge is 2.14. The molecule has 0 radical (unpaired) electrons. The van der Waals surface area contributed by atoms with Crippen LogP contribution in [0.2, 0.25) is 0 Å². The van der Waals surface area contributed by atoms with Gasteiger partial charge in [-0.05, 0) is 78.6 Å². The summed E-state index contributed by atoms with van der Waals surface area (Å²) < 4.78 is 20.9. The number of fused-ring (bicyclic) bond motifs is 1. The Hall–Kier alpha value is -5.22. The van der Waals surface area contributed by atoms with Gasteiger partial charge in [0.25, 0.3) is 5.56 Å². The minimum atomic E-state index is -0.233. The normalized spacial score (nSPS) is 12.1. The first-order valence-corrected chi connectivity index (χ1v) is 16.5. The summed E-state index contributed by atoms with van der Waals surface area (Å²) >= 11 is 1.29. The Morgan fingerprint density at radius 3 is 2.47 bits per heavy atom. The number of rotatable bonds is 13. The van der Waals surface area contributed by atoms with Gasteiger partial charge in [-0.2, -0.15) is 14.6 Å². The van der Waals surface area contributed by atoms with Gasteiger partial charge in [-0.3, -0.25) is 4.79 Å². The first kappa shape index (κ1) is 31.7. The Morgan fingerprint density at radius 1 is 0.936 bits per heavy atom. The lowest BCUT2D eigenvalue weighted by Crippen LogP contribution is -2.23. The molecule has 240 valence electrons. The smallest absolute Gasteiger partial charge is 0.291 e. The van der Waals surface area contributed by atoms with E-state index in [4.69, 9.17) is 19.3 Å². The molecule has 3 heterocycles. The average Bonchev–Trinajstić information content (AvgIpc) is 3.78. The van der Waals surface area contributed by atoms with Crippen LogP contribution in [0.4, 0.5) is 0 Å². The zero-order valence-corrected chi connectivity index (χ0v) is 27.7. The van der Waals surface area contributed by atoms with Crippen LogP contribution in [0.5, 0.6) is 17.2 Å². The molecule has 0 N–H and O–H groups in total. The standard InChI is InChI=1S/C37H37N5O4S/c1-5-6-20-45-31-18-12-26(21-32(31)44-4)13-19-34-38-37-42(39-34)36(43)33(47-37)22-28-23-41(29-10-8-7-9-11-29)40-35(28)27-14-16-30(17-15-27)46-24-25(2)3/h7-19,21-23,25H,5-6,20,24H2,1-4H3/b19-13+,33-22-. The number of methoxy groups -OCH3 is 1. The maximum Gasteiger partial charge on any atom is 0.291 e. The van der Waals surface area contributed by atoms with Crippen molar-refractivity contribution >= 4 is 34.5 Å². The molecule has 0 saturated carbocycles. The zero-order chi connectivity index (χ0) is 32.8. The maximum atomic E-state index is 13.5. The van der Waals surface area contributed by atoms with Crippen LogP contribution >= 0.6 is 11.3 Å². The fourth-order valence-corrected chi connectivity index (χ4v) is 5.77. The van der Waals surface area contributed by atoms with Crippen molar-refractivity contribution in [2.24, 2.45) is 5.92 Å². The quantitative estimate of drug-likeness (QED) is 0.125. The van der Waals surface area contributed by atoms with E-state index in [1.807, 2.05) is 95.8 Å². The van der Waals surface area contributed by atoms with E-state index in [1.54, 1.807) is 13.2 Å². The molecular formula is C37H37N5O4S. The third-order valence-corrected chi connectivity index (χ3v) is 8.29. The lowest BCUT2D eigenvalue weighted by Gasteiger charge is -2.10. The first-order valence-electron chi connectivity index (χ1n) is 15.7. The second kappa shape index (κ2) is 14.5. The first-order chi connectivity index (χ1) is 22.9. The van der Waals surface area contributed by atoms with E-state index in [9.17, 15) is 4.79 Å². The Morgan fingerprint density at radius 2 is 1.74 bits per heavy atom. The molecule has 10 heteroatoms. The van der Waals surface area contributed by atoms with E-state index >= 15 is 0 Å². The summed E-state index contributed by atoms with van der Waals surface area (Å²) in [6.07, 6.45) is 9.51. The van der Waals surface area contributed by atoms with Gasteiger partial charge in [0.15, 0.2) is 17.3 Å². The van der Waals surface area contributed by atoms with Crippen molar-refractivity contribution in [1.29, 1.82) is 0 Å². The second-order valence-electron chi connectivity index (χ2n) is 11.5. The summed E-state index contributed by atoms with van der Waals surface area (Å²) in [4.78, 5) is 18.6. The number of ether oxygens (including phenoxy) is 3. The maximum absolute atomic E-state index is 13.5. The molecule has 0 aliphatic heterocycles. The fraction of sp³-hybridized carbons (Fsp3) is 0.243. The van der Waals surface area contributed by atoms with Crippen LogP contribution in [-0.4, -0.2) is 44.7 Å². The number of unbranched alkanes of at least 4 members (excludes halogenated alkanes) is 1. The van der Waals surface area contributed by atoms with Gasteiger partial charge >= 0.3 is 0 Å². The number of benzene rings is 3. The summed E-state index contributed by atoms with van der Waals surface area (Å²) in [5, 5.41) is 9.39. The number of hydrogen-bond donors (Lipinski definition) is 0.